The molecule has 0 aromatic heterocycles. The molecule has 1 aliphatic heterocycles. The lowest BCUT2D eigenvalue weighted by Crippen LogP contribution is -2.29. The van der Waals surface area contributed by atoms with Gasteiger partial charge in [-0.2, -0.15) is 18.4 Å². The number of alkyl halides is 3. The Balaban J connectivity index is 2.23. The summed E-state index contributed by atoms with van der Waals surface area (Å²) in [4.78, 5) is 3.93. The van der Waals surface area contributed by atoms with Gasteiger partial charge in [0.2, 0.25) is 0 Å². The van der Waals surface area contributed by atoms with Gasteiger partial charge in [-0.1, -0.05) is 6.92 Å². The molecule has 0 radical (unpaired) electrons. The third-order valence-corrected chi connectivity index (χ3v) is 4.17. The molecule has 1 atom stereocenters. The number of anilines is 1. The number of halogens is 3. The lowest BCUT2D eigenvalue weighted by molar-refractivity contribution is -0.137. The molecule has 0 amide bonds. The molecule has 6 heteroatoms. The Morgan fingerprint density at radius 2 is 2.14 bits per heavy atom. The molecular weight excluding hydrogens is 291 g/mol. The van der Waals surface area contributed by atoms with E-state index in [0.717, 1.165) is 25.6 Å². The molecule has 0 spiro atoms. The zero-order chi connectivity index (χ0) is 16.3. The molecule has 3 nitrogen and oxygen atoms in total. The van der Waals surface area contributed by atoms with E-state index in [1.54, 1.807) is 4.90 Å². The van der Waals surface area contributed by atoms with E-state index >= 15 is 0 Å². The van der Waals surface area contributed by atoms with Gasteiger partial charge in [-0.25, -0.2) is 0 Å². The molecule has 1 unspecified atom stereocenters. The first-order valence-corrected chi connectivity index (χ1v) is 7.40. The molecule has 0 aliphatic carbocycles. The van der Waals surface area contributed by atoms with Gasteiger partial charge in [0.05, 0.1) is 22.9 Å². The van der Waals surface area contributed by atoms with Crippen molar-refractivity contribution in [2.75, 3.05) is 38.1 Å². The predicted molar refractivity (Wildman–Crippen MR) is 79.7 cm³/mol. The minimum atomic E-state index is -4.40. The van der Waals surface area contributed by atoms with Crippen LogP contribution >= 0.6 is 0 Å². The molecule has 1 heterocycles. The van der Waals surface area contributed by atoms with Crippen LogP contribution in [0.4, 0.5) is 18.9 Å². The molecule has 22 heavy (non-hydrogen) atoms. The lowest BCUT2D eigenvalue weighted by atomic mass is 10.1. The van der Waals surface area contributed by atoms with Gasteiger partial charge < -0.3 is 9.80 Å². The second kappa shape index (κ2) is 6.57. The summed E-state index contributed by atoms with van der Waals surface area (Å²) in [5.41, 5.74) is -0.263. The average molecular weight is 311 g/mol. The molecule has 0 saturated carbocycles. The Morgan fingerprint density at radius 3 is 2.73 bits per heavy atom. The van der Waals surface area contributed by atoms with Gasteiger partial charge in [-0.15, -0.1) is 0 Å². The van der Waals surface area contributed by atoms with E-state index in [1.165, 1.54) is 12.1 Å². The van der Waals surface area contributed by atoms with E-state index in [1.807, 2.05) is 13.1 Å². The first-order valence-electron chi connectivity index (χ1n) is 7.40. The highest BCUT2D eigenvalue weighted by Gasteiger charge is 2.36. The number of hydrogen-bond donors (Lipinski definition) is 0. The smallest absolute Gasteiger partial charge is 0.371 e. The first-order chi connectivity index (χ1) is 10.3. The first kappa shape index (κ1) is 16.6. The fraction of sp³-hybridized carbons (Fsp3) is 0.562. The molecule has 1 fully saturated rings. The SMILES string of the molecule is CCN(C)CC1CCN(c2cc(C#N)ccc2C(F)(F)F)C1. The van der Waals surface area contributed by atoms with Crippen LogP contribution in [0.5, 0.6) is 0 Å². The van der Waals surface area contributed by atoms with Crippen LogP contribution in [0, 0.1) is 17.2 Å². The van der Waals surface area contributed by atoms with Gasteiger partial charge in [0, 0.05) is 19.6 Å². The van der Waals surface area contributed by atoms with Crippen molar-refractivity contribution in [1.29, 1.82) is 5.26 Å². The molecule has 1 aromatic rings. The van der Waals surface area contributed by atoms with E-state index in [4.69, 9.17) is 5.26 Å². The highest BCUT2D eigenvalue weighted by molar-refractivity contribution is 5.59. The molecular formula is C16H20F3N3. The highest BCUT2D eigenvalue weighted by Crippen LogP contribution is 2.38. The zero-order valence-corrected chi connectivity index (χ0v) is 12.8. The predicted octanol–water partition coefficient (Wildman–Crippen LogP) is 3.36. The number of nitriles is 1. The molecule has 2 rings (SSSR count). The highest BCUT2D eigenvalue weighted by atomic mass is 19.4. The summed E-state index contributed by atoms with van der Waals surface area (Å²) in [6.45, 7) is 5.06. The van der Waals surface area contributed by atoms with Gasteiger partial charge in [-0.3, -0.25) is 0 Å². The zero-order valence-electron chi connectivity index (χ0n) is 12.8. The summed E-state index contributed by atoms with van der Waals surface area (Å²) in [7, 11) is 2.01. The fourth-order valence-electron chi connectivity index (χ4n) is 2.87. The number of nitrogens with zero attached hydrogens (tertiary/aromatic N) is 3. The van der Waals surface area contributed by atoms with E-state index in [2.05, 4.69) is 11.8 Å². The quantitative estimate of drug-likeness (QED) is 0.854. The average Bonchev–Trinajstić information content (AvgIpc) is 2.93. The van der Waals surface area contributed by atoms with Crippen LogP contribution in [0.2, 0.25) is 0 Å². The van der Waals surface area contributed by atoms with Crippen molar-refractivity contribution < 1.29 is 13.2 Å². The Bertz CT molecular complexity index is 563. The van der Waals surface area contributed by atoms with E-state index < -0.39 is 11.7 Å². The van der Waals surface area contributed by atoms with Crippen molar-refractivity contribution in [3.63, 3.8) is 0 Å². The minimum Gasteiger partial charge on any atom is -0.371 e. The van der Waals surface area contributed by atoms with Crippen LogP contribution in [0.1, 0.15) is 24.5 Å². The number of hydrogen-bond acceptors (Lipinski definition) is 3. The fourth-order valence-corrected chi connectivity index (χ4v) is 2.87. The van der Waals surface area contributed by atoms with E-state index in [0.29, 0.717) is 19.0 Å². The van der Waals surface area contributed by atoms with Crippen molar-refractivity contribution in [2.45, 2.75) is 19.5 Å². The van der Waals surface area contributed by atoms with Gasteiger partial charge in [0.1, 0.15) is 0 Å². The van der Waals surface area contributed by atoms with E-state index in [-0.39, 0.29) is 11.3 Å². The molecule has 1 aliphatic rings. The lowest BCUT2D eigenvalue weighted by Gasteiger charge is -2.24. The summed E-state index contributed by atoms with van der Waals surface area (Å²) in [6.07, 6.45) is -3.53. The number of rotatable bonds is 4. The van der Waals surface area contributed by atoms with Gasteiger partial charge in [0.25, 0.3) is 0 Å². The largest absolute Gasteiger partial charge is 0.418 e. The molecule has 1 aromatic carbocycles. The summed E-state index contributed by atoms with van der Waals surface area (Å²) in [6, 6.07) is 5.52. The monoisotopic (exact) mass is 311 g/mol. The van der Waals surface area contributed by atoms with Crippen molar-refractivity contribution in [3.8, 4) is 6.07 Å². The third-order valence-electron chi connectivity index (χ3n) is 4.17. The maximum absolute atomic E-state index is 13.2. The Hall–Kier alpha value is -1.74. The third kappa shape index (κ3) is 3.72. The molecule has 0 bridgehead atoms. The van der Waals surface area contributed by atoms with Gasteiger partial charge >= 0.3 is 6.18 Å². The van der Waals surface area contributed by atoms with Crippen LogP contribution in [0.3, 0.4) is 0 Å². The summed E-state index contributed by atoms with van der Waals surface area (Å²) in [5, 5.41) is 8.94. The van der Waals surface area contributed by atoms with Crippen LogP contribution in [0.15, 0.2) is 18.2 Å². The van der Waals surface area contributed by atoms with Crippen molar-refractivity contribution >= 4 is 5.69 Å². The minimum absolute atomic E-state index is 0.133. The van der Waals surface area contributed by atoms with Crippen LogP contribution in [0.25, 0.3) is 0 Å². The Morgan fingerprint density at radius 1 is 1.41 bits per heavy atom. The second-order valence-electron chi connectivity index (χ2n) is 5.80. The normalized spacial score (nSPS) is 18.8. The maximum atomic E-state index is 13.2. The standard InChI is InChI=1S/C16H20F3N3/c1-3-21(2)10-13-6-7-22(11-13)15-8-12(9-20)4-5-14(15)16(17,18)19/h4-5,8,13H,3,6-7,10-11H2,1-2H3. The maximum Gasteiger partial charge on any atom is 0.418 e. The van der Waals surface area contributed by atoms with Gasteiger partial charge in [0.15, 0.2) is 0 Å². The molecule has 0 N–H and O–H groups in total. The Kier molecular flexibility index (Phi) is 4.97. The second-order valence-corrected chi connectivity index (χ2v) is 5.80. The summed E-state index contributed by atoms with van der Waals surface area (Å²) >= 11 is 0. The summed E-state index contributed by atoms with van der Waals surface area (Å²) in [5.74, 6) is 0.358. The van der Waals surface area contributed by atoms with Crippen molar-refractivity contribution in [2.24, 2.45) is 5.92 Å². The topological polar surface area (TPSA) is 30.3 Å². The van der Waals surface area contributed by atoms with Crippen LogP contribution in [-0.4, -0.2) is 38.1 Å². The number of benzene rings is 1. The summed E-state index contributed by atoms with van der Waals surface area (Å²) < 4.78 is 39.5. The Labute approximate surface area is 128 Å². The van der Waals surface area contributed by atoms with Crippen molar-refractivity contribution in [3.05, 3.63) is 29.3 Å². The van der Waals surface area contributed by atoms with Crippen molar-refractivity contribution in [1.82, 2.24) is 4.90 Å². The van der Waals surface area contributed by atoms with Crippen LogP contribution in [-0.2, 0) is 6.18 Å². The van der Waals surface area contributed by atoms with Gasteiger partial charge in [-0.05, 0) is 44.1 Å². The molecule has 120 valence electrons. The molecule has 1 saturated heterocycles. The van der Waals surface area contributed by atoms with Crippen LogP contribution < -0.4 is 4.90 Å². The van der Waals surface area contributed by atoms with E-state index in [9.17, 15) is 13.2 Å².